The molecule has 0 radical (unpaired) electrons. The average Bonchev–Trinajstić information content (AvgIpc) is 2.53. The summed E-state index contributed by atoms with van der Waals surface area (Å²) in [6.07, 6.45) is -4.32. The molecule has 0 bridgehead atoms. The molecule has 1 aliphatic rings. The van der Waals surface area contributed by atoms with Crippen molar-refractivity contribution < 1.29 is 23.4 Å². The number of hydrogen-bond donors (Lipinski definition) is 1. The summed E-state index contributed by atoms with van der Waals surface area (Å²) < 4.78 is 33.5. The van der Waals surface area contributed by atoms with E-state index in [0.717, 1.165) is 0 Å². The van der Waals surface area contributed by atoms with Crippen molar-refractivity contribution in [1.29, 1.82) is 0 Å². The van der Waals surface area contributed by atoms with E-state index in [-0.39, 0.29) is 11.5 Å². The smallest absolute Gasteiger partial charge is 0.395 e. The molecule has 1 unspecified atom stereocenters. The minimum absolute atomic E-state index is 0.0144. The monoisotopic (exact) mass is 232 g/mol. The molecule has 3 nitrogen and oxygen atoms in total. The Kier molecular flexibility index (Phi) is 3.70. The first-order valence-corrected chi connectivity index (χ1v) is 5.06. The first-order chi connectivity index (χ1) is 7.48. The molecule has 0 fully saturated rings. The van der Waals surface area contributed by atoms with E-state index in [1.54, 1.807) is 0 Å². The van der Waals surface area contributed by atoms with Gasteiger partial charge in [0.15, 0.2) is 11.5 Å². The number of halogens is 2. The Labute approximate surface area is 92.6 Å². The van der Waals surface area contributed by atoms with Gasteiger partial charge in [0, 0.05) is 0 Å². The summed E-state index contributed by atoms with van der Waals surface area (Å²) in [4.78, 5) is 0. The average molecular weight is 232 g/mol. The van der Waals surface area contributed by atoms with Crippen molar-refractivity contribution in [2.24, 2.45) is 0 Å². The van der Waals surface area contributed by atoms with Crippen LogP contribution in [0.3, 0.4) is 0 Å². The van der Waals surface area contributed by atoms with Crippen LogP contribution >= 0.6 is 0 Å². The largest absolute Gasteiger partial charge is 0.586 e. The van der Waals surface area contributed by atoms with Gasteiger partial charge in [-0.25, -0.2) is 0 Å². The highest BCUT2D eigenvalue weighted by Crippen LogP contribution is 2.41. The maximum atomic E-state index is 12.6. The molecule has 1 aromatic carbocycles. The van der Waals surface area contributed by atoms with Crippen LogP contribution in [-0.4, -0.2) is 11.4 Å². The summed E-state index contributed by atoms with van der Waals surface area (Å²) in [5, 5.41) is 9.20. The maximum absolute atomic E-state index is 12.6. The van der Waals surface area contributed by atoms with E-state index >= 15 is 0 Å². The molecule has 0 aliphatic carbocycles. The SMILES string of the molecule is CC.CC(O)c1ccc2c(c1)OC(F)(F)O2. The zero-order valence-electron chi connectivity index (χ0n) is 9.33. The Morgan fingerprint density at radius 1 is 1.19 bits per heavy atom. The van der Waals surface area contributed by atoms with Crippen LogP contribution in [0, 0.1) is 0 Å². The van der Waals surface area contributed by atoms with Crippen molar-refractivity contribution in [2.75, 3.05) is 0 Å². The van der Waals surface area contributed by atoms with Crippen molar-refractivity contribution in [3.8, 4) is 11.5 Å². The Morgan fingerprint density at radius 2 is 1.75 bits per heavy atom. The topological polar surface area (TPSA) is 38.7 Å². The van der Waals surface area contributed by atoms with Crippen LogP contribution in [0.15, 0.2) is 18.2 Å². The molecule has 0 amide bonds. The highest BCUT2D eigenvalue weighted by atomic mass is 19.3. The number of benzene rings is 1. The van der Waals surface area contributed by atoms with Crippen LogP contribution in [0.4, 0.5) is 8.78 Å². The van der Waals surface area contributed by atoms with Crippen molar-refractivity contribution >= 4 is 0 Å². The molecule has 90 valence electrons. The van der Waals surface area contributed by atoms with Crippen molar-refractivity contribution in [1.82, 2.24) is 0 Å². The number of aliphatic hydroxyl groups is 1. The van der Waals surface area contributed by atoms with Crippen LogP contribution < -0.4 is 9.47 Å². The number of ether oxygens (including phenoxy) is 2. The molecule has 0 aromatic heterocycles. The Hall–Kier alpha value is -1.36. The van der Waals surface area contributed by atoms with E-state index in [9.17, 15) is 13.9 Å². The van der Waals surface area contributed by atoms with Crippen LogP contribution in [0.1, 0.15) is 32.4 Å². The van der Waals surface area contributed by atoms with Gasteiger partial charge in [-0.1, -0.05) is 19.9 Å². The van der Waals surface area contributed by atoms with Crippen molar-refractivity contribution in [3.05, 3.63) is 23.8 Å². The maximum Gasteiger partial charge on any atom is 0.586 e. The number of hydrogen-bond acceptors (Lipinski definition) is 3. The second-order valence-corrected chi connectivity index (χ2v) is 3.05. The second-order valence-electron chi connectivity index (χ2n) is 3.05. The second kappa shape index (κ2) is 4.65. The Balaban J connectivity index is 0.000000606. The minimum Gasteiger partial charge on any atom is -0.395 e. The molecular weight excluding hydrogens is 218 g/mol. The normalized spacial score (nSPS) is 17.4. The van der Waals surface area contributed by atoms with Gasteiger partial charge < -0.3 is 14.6 Å². The molecule has 0 spiro atoms. The lowest BCUT2D eigenvalue weighted by Crippen LogP contribution is -2.25. The summed E-state index contributed by atoms with van der Waals surface area (Å²) in [6, 6.07) is 4.19. The fourth-order valence-electron chi connectivity index (χ4n) is 1.23. The lowest BCUT2D eigenvalue weighted by atomic mass is 10.1. The first kappa shape index (κ1) is 12.7. The van der Waals surface area contributed by atoms with E-state index in [2.05, 4.69) is 9.47 Å². The highest BCUT2D eigenvalue weighted by Gasteiger charge is 2.43. The molecule has 1 atom stereocenters. The van der Waals surface area contributed by atoms with Crippen LogP contribution in [0.5, 0.6) is 11.5 Å². The number of fused-ring (bicyclic) bond motifs is 1. The van der Waals surface area contributed by atoms with E-state index in [4.69, 9.17) is 0 Å². The number of aliphatic hydroxyl groups excluding tert-OH is 1. The third-order valence-corrected chi connectivity index (χ3v) is 1.91. The molecule has 1 N–H and O–H groups in total. The molecule has 1 heterocycles. The van der Waals surface area contributed by atoms with E-state index in [0.29, 0.717) is 5.56 Å². The lowest BCUT2D eigenvalue weighted by molar-refractivity contribution is -0.286. The third kappa shape index (κ3) is 2.61. The molecule has 2 rings (SSSR count). The summed E-state index contributed by atoms with van der Waals surface area (Å²) in [5.74, 6) is -0.0622. The van der Waals surface area contributed by atoms with E-state index < -0.39 is 12.4 Å². The Bertz CT molecular complexity index is 364. The first-order valence-electron chi connectivity index (χ1n) is 5.06. The van der Waals surface area contributed by atoms with Gasteiger partial charge in [0.1, 0.15) is 0 Å². The lowest BCUT2D eigenvalue weighted by Gasteiger charge is -2.05. The van der Waals surface area contributed by atoms with Gasteiger partial charge in [0.25, 0.3) is 0 Å². The fourth-order valence-corrected chi connectivity index (χ4v) is 1.23. The summed E-state index contributed by atoms with van der Waals surface area (Å²) >= 11 is 0. The van der Waals surface area contributed by atoms with E-state index in [1.807, 2.05) is 13.8 Å². The van der Waals surface area contributed by atoms with Gasteiger partial charge in [0.2, 0.25) is 0 Å². The molecule has 0 saturated heterocycles. The number of rotatable bonds is 1. The molecular formula is C11H14F2O3. The molecule has 5 heteroatoms. The highest BCUT2D eigenvalue weighted by molar-refractivity contribution is 5.45. The zero-order valence-corrected chi connectivity index (χ0v) is 9.33. The molecule has 1 aliphatic heterocycles. The van der Waals surface area contributed by atoms with E-state index in [1.165, 1.54) is 25.1 Å². The van der Waals surface area contributed by atoms with Crippen LogP contribution in [-0.2, 0) is 0 Å². The van der Waals surface area contributed by atoms with Gasteiger partial charge in [-0.3, -0.25) is 0 Å². The van der Waals surface area contributed by atoms with Crippen molar-refractivity contribution in [2.45, 2.75) is 33.2 Å². The molecule has 1 aromatic rings. The van der Waals surface area contributed by atoms with Gasteiger partial charge in [0.05, 0.1) is 6.10 Å². The van der Waals surface area contributed by atoms with Gasteiger partial charge in [-0.15, -0.1) is 8.78 Å². The predicted molar refractivity (Wildman–Crippen MR) is 54.6 cm³/mol. The van der Waals surface area contributed by atoms with Crippen LogP contribution in [0.25, 0.3) is 0 Å². The summed E-state index contributed by atoms with van der Waals surface area (Å²) in [5.41, 5.74) is 0.505. The standard InChI is InChI=1S/C9H8F2O3.C2H6/c1-5(12)6-2-3-7-8(4-6)14-9(10,11)13-7;1-2/h2-5,12H,1H3;1-2H3. The molecule has 0 saturated carbocycles. The van der Waals surface area contributed by atoms with Gasteiger partial charge >= 0.3 is 6.29 Å². The van der Waals surface area contributed by atoms with Gasteiger partial charge in [-0.05, 0) is 24.6 Å². The van der Waals surface area contributed by atoms with Gasteiger partial charge in [-0.2, -0.15) is 0 Å². The Morgan fingerprint density at radius 3 is 2.31 bits per heavy atom. The zero-order chi connectivity index (χ0) is 12.3. The van der Waals surface area contributed by atoms with Crippen LogP contribution in [0.2, 0.25) is 0 Å². The summed E-state index contributed by atoms with van der Waals surface area (Å²) in [6.45, 7) is 5.54. The minimum atomic E-state index is -3.60. The number of alkyl halides is 2. The summed E-state index contributed by atoms with van der Waals surface area (Å²) in [7, 11) is 0. The third-order valence-electron chi connectivity index (χ3n) is 1.91. The van der Waals surface area contributed by atoms with Crippen molar-refractivity contribution in [3.63, 3.8) is 0 Å². The predicted octanol–water partition coefficient (Wildman–Crippen LogP) is 3.09. The molecule has 16 heavy (non-hydrogen) atoms. The fraction of sp³-hybridized carbons (Fsp3) is 0.455. The quantitative estimate of drug-likeness (QED) is 0.808.